The summed E-state index contributed by atoms with van der Waals surface area (Å²) < 4.78 is 0. The van der Waals surface area contributed by atoms with Gasteiger partial charge in [-0.05, 0) is 45.1 Å². The lowest BCUT2D eigenvalue weighted by Crippen LogP contribution is -3.00. The van der Waals surface area contributed by atoms with E-state index in [0.717, 1.165) is 30.5 Å². The highest BCUT2D eigenvalue weighted by Gasteiger charge is 2.44. The fourth-order valence-corrected chi connectivity index (χ4v) is 8.18. The molecule has 24 heavy (non-hydrogen) atoms. The number of carbonyl (C=O) groups excluding carboxylic acids is 2. The van der Waals surface area contributed by atoms with Gasteiger partial charge in [0.05, 0.1) is 29.1 Å². The fraction of sp³-hybridized carbons (Fsp3) is 0.647. The van der Waals surface area contributed by atoms with E-state index in [1.165, 1.54) is 11.3 Å². The number of nitrogens with one attached hydrogen (secondary N) is 1. The van der Waals surface area contributed by atoms with Crippen LogP contribution in [0.4, 0.5) is 5.69 Å². The summed E-state index contributed by atoms with van der Waals surface area (Å²) in [7, 11) is -1.33. The van der Waals surface area contributed by atoms with Gasteiger partial charge in [0, 0.05) is 7.26 Å². The minimum absolute atomic E-state index is 0. The number of thiophene rings is 1. The lowest BCUT2D eigenvalue weighted by Gasteiger charge is -2.31. The molecule has 0 saturated heterocycles. The molecule has 1 unspecified atom stereocenters. The van der Waals surface area contributed by atoms with E-state index < -0.39 is 13.9 Å². The van der Waals surface area contributed by atoms with E-state index in [0.29, 0.717) is 10.6 Å². The number of Topliss-reactive ketones (excluding diaryl/α,β-unsaturated/α-hetero) is 1. The van der Waals surface area contributed by atoms with Crippen LogP contribution in [-0.2, 0) is 4.79 Å². The molecule has 138 valence electrons. The smallest absolute Gasteiger partial charge is 0.265 e. The van der Waals surface area contributed by atoms with Gasteiger partial charge in [-0.25, -0.2) is 0 Å². The Bertz CT molecular complexity index is 550. The Kier molecular flexibility index (Phi) is 10.5. The number of anilines is 1. The Morgan fingerprint density at radius 3 is 2.17 bits per heavy atom. The van der Waals surface area contributed by atoms with Crippen molar-refractivity contribution in [3.8, 4) is 0 Å². The number of ketones is 1. The van der Waals surface area contributed by atoms with Gasteiger partial charge in [0.15, 0.2) is 5.78 Å². The first-order valence-corrected chi connectivity index (χ1v) is 11.6. The molecule has 1 aromatic rings. The van der Waals surface area contributed by atoms with Crippen molar-refractivity contribution in [1.29, 1.82) is 0 Å². The first kappa shape index (κ1) is 23.7. The fourth-order valence-electron chi connectivity index (χ4n) is 3.24. The van der Waals surface area contributed by atoms with Crippen molar-refractivity contribution in [1.82, 2.24) is 0 Å². The molecular weight excluding hydrogens is 409 g/mol. The van der Waals surface area contributed by atoms with Gasteiger partial charge in [-0.2, -0.15) is 0 Å². The molecule has 1 amide bonds. The van der Waals surface area contributed by atoms with Gasteiger partial charge < -0.3 is 27.4 Å². The first-order valence-electron chi connectivity index (χ1n) is 8.29. The van der Waals surface area contributed by atoms with Crippen molar-refractivity contribution in [2.75, 3.05) is 30.4 Å². The van der Waals surface area contributed by atoms with Crippen LogP contribution in [0.2, 0.25) is 0 Å². The van der Waals surface area contributed by atoms with Crippen LogP contribution in [0, 0.1) is 6.92 Å². The van der Waals surface area contributed by atoms with Crippen LogP contribution in [-0.4, -0.2) is 47.5 Å². The number of halogens is 1. The minimum Gasteiger partial charge on any atom is -1.00 e. The largest absolute Gasteiger partial charge is 1.00 e. The Morgan fingerprint density at radius 1 is 1.21 bits per heavy atom. The molecule has 0 bridgehead atoms. The molecule has 1 heterocycles. The molecule has 4 nitrogen and oxygen atoms in total. The van der Waals surface area contributed by atoms with E-state index in [-0.39, 0.29) is 34.3 Å². The van der Waals surface area contributed by atoms with E-state index in [9.17, 15) is 9.59 Å². The maximum Gasteiger partial charge on any atom is 0.265 e. The summed E-state index contributed by atoms with van der Waals surface area (Å²) in [6.45, 7) is 9.98. The predicted octanol–water partition coefficient (Wildman–Crippen LogP) is 1.03. The molecule has 0 aliphatic rings. The number of aliphatic hydroxyl groups excluding tert-OH is 1. The zero-order valence-electron chi connectivity index (χ0n) is 15.2. The lowest BCUT2D eigenvalue weighted by molar-refractivity contribution is -0.115. The summed E-state index contributed by atoms with van der Waals surface area (Å²) in [5.41, 5.74) is 1.49. The Morgan fingerprint density at radius 2 is 1.75 bits per heavy atom. The normalized spacial score (nSPS) is 12.4. The summed E-state index contributed by atoms with van der Waals surface area (Å²) in [6.07, 6.45) is 4.02. The Hall–Kier alpha value is -0.290. The predicted molar refractivity (Wildman–Crippen MR) is 102 cm³/mol. The summed E-state index contributed by atoms with van der Waals surface area (Å²) in [5.74, 6) is -0.311. The summed E-state index contributed by atoms with van der Waals surface area (Å²) >= 11 is 1.28. The van der Waals surface area contributed by atoms with Gasteiger partial charge in [-0.1, -0.05) is 6.92 Å². The van der Waals surface area contributed by atoms with Crippen LogP contribution in [0.15, 0.2) is 5.38 Å². The van der Waals surface area contributed by atoms with Crippen LogP contribution in [0.5, 0.6) is 0 Å². The number of hydrogen-bond donors (Lipinski definition) is 2. The number of amides is 1. The highest BCUT2D eigenvalue weighted by atomic mass is 79.9. The third-order valence-corrected chi connectivity index (χ3v) is 11.7. The van der Waals surface area contributed by atoms with Gasteiger partial charge in [-0.3, -0.25) is 9.59 Å². The second-order valence-electron chi connectivity index (χ2n) is 5.78. The number of aliphatic hydroxyl groups is 1. The maximum absolute atomic E-state index is 12.9. The summed E-state index contributed by atoms with van der Waals surface area (Å²) in [6, 6.07) is 0. The second-order valence-corrected chi connectivity index (χ2v) is 11.6. The number of aryl methyl sites for hydroxylation is 1. The molecule has 0 saturated carbocycles. The number of carbonyl (C=O) groups is 2. The molecule has 0 spiro atoms. The van der Waals surface area contributed by atoms with Crippen molar-refractivity contribution in [2.45, 2.75) is 46.7 Å². The lowest BCUT2D eigenvalue weighted by atomic mass is 10.2. The molecule has 0 radical (unpaired) electrons. The average molecular weight is 438 g/mol. The molecular formula is C17H29BrNO3PS. The highest BCUT2D eigenvalue weighted by molar-refractivity contribution is 7.77. The topological polar surface area (TPSA) is 66.4 Å². The first-order chi connectivity index (χ1) is 10.9. The average Bonchev–Trinajstić information content (AvgIpc) is 2.92. The van der Waals surface area contributed by atoms with Gasteiger partial charge >= 0.3 is 0 Å². The third kappa shape index (κ3) is 4.87. The van der Waals surface area contributed by atoms with Crippen molar-refractivity contribution >= 4 is 36.0 Å². The van der Waals surface area contributed by atoms with Gasteiger partial charge in [0.25, 0.3) is 5.91 Å². The van der Waals surface area contributed by atoms with Crippen LogP contribution >= 0.6 is 18.6 Å². The van der Waals surface area contributed by atoms with Crippen LogP contribution in [0.25, 0.3) is 0 Å². The van der Waals surface area contributed by atoms with Crippen LogP contribution in [0.1, 0.15) is 49.4 Å². The van der Waals surface area contributed by atoms with Gasteiger partial charge in [0.1, 0.15) is 12.3 Å². The van der Waals surface area contributed by atoms with E-state index in [1.54, 1.807) is 0 Å². The van der Waals surface area contributed by atoms with E-state index in [4.69, 9.17) is 5.11 Å². The van der Waals surface area contributed by atoms with Crippen molar-refractivity contribution < 1.29 is 31.7 Å². The highest BCUT2D eigenvalue weighted by Crippen LogP contribution is 2.63. The minimum atomic E-state index is -1.33. The van der Waals surface area contributed by atoms with Gasteiger partial charge in [-0.15, -0.1) is 11.3 Å². The zero-order valence-corrected chi connectivity index (χ0v) is 18.5. The molecule has 1 aromatic heterocycles. The third-order valence-electron chi connectivity index (χ3n) is 4.86. The molecule has 0 aliphatic carbocycles. The monoisotopic (exact) mass is 437 g/mol. The summed E-state index contributed by atoms with van der Waals surface area (Å²) in [5, 5.41) is 14.0. The van der Waals surface area contributed by atoms with E-state index in [2.05, 4.69) is 33.0 Å². The quantitative estimate of drug-likeness (QED) is 0.447. The Balaban J connectivity index is 0.00000529. The number of hydrogen-bond acceptors (Lipinski definition) is 4. The number of rotatable bonds is 9. The van der Waals surface area contributed by atoms with Crippen LogP contribution < -0.4 is 22.3 Å². The van der Waals surface area contributed by atoms with Crippen molar-refractivity contribution in [2.24, 2.45) is 0 Å². The standard InChI is InChI=1S/C17H28NO3PS.BrH/c1-6-14(22(7-2,8-3)9-4)17(21)18-15-12(5)11-23-16(15)13(20)10-19;/h11,14,19H,6-10H2,1-5H3;1H. The summed E-state index contributed by atoms with van der Waals surface area (Å²) in [4.78, 5) is 25.2. The Labute approximate surface area is 160 Å². The molecule has 7 heteroatoms. The zero-order chi connectivity index (χ0) is 17.6. The maximum atomic E-state index is 12.9. The molecule has 0 aliphatic heterocycles. The van der Waals surface area contributed by atoms with Crippen molar-refractivity contribution in [3.05, 3.63) is 15.8 Å². The van der Waals surface area contributed by atoms with Crippen LogP contribution in [0.3, 0.4) is 0 Å². The van der Waals surface area contributed by atoms with Crippen molar-refractivity contribution in [3.63, 3.8) is 0 Å². The molecule has 0 aromatic carbocycles. The second kappa shape index (κ2) is 10.6. The van der Waals surface area contributed by atoms with E-state index in [1.807, 2.05) is 12.3 Å². The SMILES string of the molecule is CCC(C(=O)Nc1c(C)csc1C(=O)CO)[P+](CC)(CC)CC.[Br-]. The van der Waals surface area contributed by atoms with Gasteiger partial charge in [0.2, 0.25) is 0 Å². The molecule has 1 atom stereocenters. The molecule has 1 rings (SSSR count). The molecule has 0 fully saturated rings. The van der Waals surface area contributed by atoms with E-state index >= 15 is 0 Å². The molecule has 2 N–H and O–H groups in total.